The second-order valence-electron chi connectivity index (χ2n) is 16.0. The van der Waals surface area contributed by atoms with Crippen molar-refractivity contribution in [3.05, 3.63) is 246 Å². The van der Waals surface area contributed by atoms with Crippen molar-refractivity contribution >= 4 is 27.8 Å². The predicted molar refractivity (Wildman–Crippen MR) is 240 cm³/mol. The van der Waals surface area contributed by atoms with Crippen molar-refractivity contribution in [3.63, 3.8) is 0 Å². The molecule has 0 N–H and O–H groups in total. The van der Waals surface area contributed by atoms with Crippen LogP contribution >= 0.6 is 0 Å². The molecule has 0 unspecified atom stereocenters. The van der Waals surface area contributed by atoms with E-state index >= 15 is 0 Å². The van der Waals surface area contributed by atoms with Gasteiger partial charge in [-0.15, -0.1) is 0 Å². The highest BCUT2D eigenvalue weighted by molar-refractivity contribution is 5.92. The number of fused-ring (bicyclic) bond motifs is 6. The number of hydrogen-bond acceptors (Lipinski definition) is 2. The van der Waals surface area contributed by atoms with E-state index in [-0.39, 0.29) is 5.41 Å². The summed E-state index contributed by atoms with van der Waals surface area (Å²) in [6.07, 6.45) is 0. The van der Waals surface area contributed by atoms with Crippen molar-refractivity contribution in [2.75, 3.05) is 4.90 Å². The minimum absolute atomic E-state index is 0.311. The fourth-order valence-electron chi connectivity index (χ4n) is 10.0. The molecular weight excluding hydrogens is 703 g/mol. The Morgan fingerprint density at radius 1 is 0.397 bits per heavy atom. The van der Waals surface area contributed by atoms with Gasteiger partial charge in [-0.3, -0.25) is 0 Å². The third-order valence-electron chi connectivity index (χ3n) is 12.6. The number of benzene rings is 9. The van der Waals surface area contributed by atoms with Crippen LogP contribution in [0.4, 0.5) is 17.1 Å². The zero-order chi connectivity index (χ0) is 38.8. The third-order valence-corrected chi connectivity index (χ3v) is 12.6. The molecule has 2 aliphatic rings. The summed E-state index contributed by atoms with van der Waals surface area (Å²) in [4.78, 5) is 2.41. The van der Waals surface area contributed by atoms with Crippen LogP contribution in [0.3, 0.4) is 0 Å². The summed E-state index contributed by atoms with van der Waals surface area (Å²) in [5.74, 6) is 1.80. The van der Waals surface area contributed by atoms with Gasteiger partial charge in [0.15, 0.2) is 0 Å². The van der Waals surface area contributed by atoms with E-state index in [0.29, 0.717) is 0 Å². The Bertz CT molecular complexity index is 2970. The Labute approximate surface area is 340 Å². The van der Waals surface area contributed by atoms with Crippen LogP contribution in [0.1, 0.15) is 47.2 Å². The van der Waals surface area contributed by atoms with Crippen molar-refractivity contribution in [2.24, 2.45) is 0 Å². The molecule has 0 atom stereocenters. The maximum atomic E-state index is 6.65. The van der Waals surface area contributed by atoms with Gasteiger partial charge in [0.2, 0.25) is 0 Å². The van der Waals surface area contributed by atoms with Crippen LogP contribution < -0.4 is 9.64 Å². The lowest BCUT2D eigenvalue weighted by Crippen LogP contribution is -2.29. The van der Waals surface area contributed by atoms with Gasteiger partial charge < -0.3 is 9.64 Å². The minimum atomic E-state index is -0.494. The molecule has 1 heterocycles. The molecule has 9 aromatic carbocycles. The predicted octanol–water partition coefficient (Wildman–Crippen LogP) is 14.8. The van der Waals surface area contributed by atoms with Crippen molar-refractivity contribution in [2.45, 2.75) is 24.7 Å². The van der Waals surface area contributed by atoms with Crippen molar-refractivity contribution < 1.29 is 4.74 Å². The first kappa shape index (κ1) is 34.1. The van der Waals surface area contributed by atoms with Gasteiger partial charge >= 0.3 is 0 Å². The average Bonchev–Trinajstić information content (AvgIpc) is 3.58. The molecule has 1 aliphatic heterocycles. The lowest BCUT2D eigenvalue weighted by molar-refractivity contribution is 0.418. The van der Waals surface area contributed by atoms with Crippen LogP contribution in [0, 0.1) is 0 Å². The largest absolute Gasteiger partial charge is 0.457 e. The maximum Gasteiger partial charge on any atom is 0.133 e. The highest BCUT2D eigenvalue weighted by Gasteiger charge is 2.47. The fourth-order valence-corrected chi connectivity index (χ4v) is 10.0. The van der Waals surface area contributed by atoms with Gasteiger partial charge in [-0.1, -0.05) is 184 Å². The quantitative estimate of drug-likeness (QED) is 0.168. The molecule has 11 rings (SSSR count). The number of hydrogen-bond donors (Lipinski definition) is 0. The summed E-state index contributed by atoms with van der Waals surface area (Å²) in [6.45, 7) is 4.63. The van der Waals surface area contributed by atoms with E-state index < -0.39 is 5.41 Å². The number of para-hydroxylation sites is 1. The third kappa shape index (κ3) is 5.05. The molecule has 276 valence electrons. The van der Waals surface area contributed by atoms with Crippen LogP contribution in [0.25, 0.3) is 33.0 Å². The Balaban J connectivity index is 1.10. The van der Waals surface area contributed by atoms with Crippen molar-refractivity contribution in [3.8, 4) is 33.8 Å². The van der Waals surface area contributed by atoms with E-state index in [1.165, 1.54) is 66.4 Å². The zero-order valence-electron chi connectivity index (χ0n) is 32.6. The van der Waals surface area contributed by atoms with E-state index in [9.17, 15) is 0 Å². The molecule has 0 saturated carbocycles. The molecule has 2 nitrogen and oxygen atoms in total. The van der Waals surface area contributed by atoms with E-state index in [4.69, 9.17) is 4.74 Å². The number of anilines is 3. The van der Waals surface area contributed by atoms with Crippen molar-refractivity contribution in [1.29, 1.82) is 0 Å². The van der Waals surface area contributed by atoms with E-state index in [2.05, 4.69) is 231 Å². The standard InChI is InChI=1S/C56H41NO/c1-55(2)50-27-14-15-29-52(50)58-53-30-16-28-51(54(53)55)57(43-36-31-38-17-6-7-18-40(38)37-43)42-34-32-39(33-35-42)44-21-8-11-24-47(44)56(41-19-4-3-5-20-41)48-25-12-9-22-45(48)46-23-10-13-26-49(46)56/h3-37H,1-2H3. The number of rotatable bonds is 6. The minimum Gasteiger partial charge on any atom is -0.457 e. The van der Waals surface area contributed by atoms with Gasteiger partial charge in [0.1, 0.15) is 11.5 Å². The van der Waals surface area contributed by atoms with Gasteiger partial charge in [-0.05, 0) is 97.7 Å². The summed E-state index contributed by atoms with van der Waals surface area (Å²) in [5.41, 5.74) is 14.9. The van der Waals surface area contributed by atoms with Crippen LogP contribution in [0.15, 0.2) is 212 Å². The van der Waals surface area contributed by atoms with Crippen LogP contribution in [0.2, 0.25) is 0 Å². The maximum absolute atomic E-state index is 6.65. The summed E-state index contributed by atoms with van der Waals surface area (Å²) < 4.78 is 6.65. The average molecular weight is 744 g/mol. The summed E-state index contributed by atoms with van der Waals surface area (Å²) >= 11 is 0. The molecule has 0 spiro atoms. The smallest absolute Gasteiger partial charge is 0.133 e. The second-order valence-corrected chi connectivity index (χ2v) is 16.0. The van der Waals surface area contributed by atoms with Gasteiger partial charge in [0.25, 0.3) is 0 Å². The molecule has 0 saturated heterocycles. The van der Waals surface area contributed by atoms with Crippen LogP contribution in [-0.4, -0.2) is 0 Å². The lowest BCUT2D eigenvalue weighted by Gasteiger charge is -2.39. The van der Waals surface area contributed by atoms with Gasteiger partial charge in [-0.25, -0.2) is 0 Å². The number of nitrogens with zero attached hydrogens (tertiary/aromatic N) is 1. The Morgan fingerprint density at radius 2 is 0.931 bits per heavy atom. The first-order valence-electron chi connectivity index (χ1n) is 20.2. The lowest BCUT2D eigenvalue weighted by atomic mass is 9.66. The fraction of sp³-hybridized carbons (Fsp3) is 0.0714. The Hall–Kier alpha value is -7.16. The molecule has 1 aliphatic carbocycles. The molecule has 0 radical (unpaired) electrons. The van der Waals surface area contributed by atoms with Gasteiger partial charge in [0, 0.05) is 27.9 Å². The topological polar surface area (TPSA) is 12.5 Å². The Morgan fingerprint density at radius 3 is 1.64 bits per heavy atom. The molecule has 58 heavy (non-hydrogen) atoms. The summed E-state index contributed by atoms with van der Waals surface area (Å²) in [6, 6.07) is 77.5. The molecule has 0 amide bonds. The highest BCUT2D eigenvalue weighted by atomic mass is 16.5. The molecule has 0 aromatic heterocycles. The summed E-state index contributed by atoms with van der Waals surface area (Å²) in [5, 5.41) is 2.41. The molecule has 0 bridgehead atoms. The molecule has 2 heteroatoms. The van der Waals surface area contributed by atoms with E-state index in [0.717, 1.165) is 28.6 Å². The Kier molecular flexibility index (Phi) is 7.78. The second kappa shape index (κ2) is 13.2. The SMILES string of the molecule is CC1(C)c2ccccc2Oc2cccc(N(c3ccc(-c4ccccc4C4(c5ccccc5)c5ccccc5-c5ccccc54)cc3)c3ccc4ccccc4c3)c21. The molecule has 0 fully saturated rings. The first-order valence-corrected chi connectivity index (χ1v) is 20.2. The normalized spacial score (nSPS) is 14.1. The van der Waals surface area contributed by atoms with Gasteiger partial charge in [-0.2, -0.15) is 0 Å². The van der Waals surface area contributed by atoms with Crippen LogP contribution in [-0.2, 0) is 10.8 Å². The van der Waals surface area contributed by atoms with E-state index in [1.54, 1.807) is 0 Å². The van der Waals surface area contributed by atoms with E-state index in [1.807, 2.05) is 0 Å². The number of ether oxygens (including phenoxy) is 1. The van der Waals surface area contributed by atoms with Crippen LogP contribution in [0.5, 0.6) is 11.5 Å². The van der Waals surface area contributed by atoms with Crippen molar-refractivity contribution in [1.82, 2.24) is 0 Å². The first-order chi connectivity index (χ1) is 28.5. The zero-order valence-corrected chi connectivity index (χ0v) is 32.6. The molecular formula is C56H41NO. The van der Waals surface area contributed by atoms with Gasteiger partial charge in [0.05, 0.1) is 11.1 Å². The molecule has 9 aromatic rings. The summed E-state index contributed by atoms with van der Waals surface area (Å²) in [7, 11) is 0. The highest BCUT2D eigenvalue weighted by Crippen LogP contribution is 2.58. The monoisotopic (exact) mass is 743 g/mol.